The lowest BCUT2D eigenvalue weighted by molar-refractivity contribution is -0.141. The van der Waals surface area contributed by atoms with Crippen LogP contribution in [-0.4, -0.2) is 23.0 Å². The van der Waals surface area contributed by atoms with Gasteiger partial charge in [0.15, 0.2) is 0 Å². The fourth-order valence-electron chi connectivity index (χ4n) is 2.37. The van der Waals surface area contributed by atoms with E-state index in [9.17, 15) is 14.7 Å². The van der Waals surface area contributed by atoms with E-state index in [2.05, 4.69) is 5.32 Å². The van der Waals surface area contributed by atoms with Gasteiger partial charge >= 0.3 is 5.97 Å². The van der Waals surface area contributed by atoms with E-state index < -0.39 is 12.0 Å². The number of carbonyl (C=O) groups excluding carboxylic acids is 1. The number of carboxylic acids is 1. The SMILES string of the molecule is O=C(CCc1ccc(CCl)cc1)NC(Cc1ccccc1)C(=O)O. The van der Waals surface area contributed by atoms with Gasteiger partial charge in [-0.25, -0.2) is 4.79 Å². The standard InChI is InChI=1S/C19H20ClNO3/c20-13-16-8-6-14(7-9-16)10-11-18(22)21-17(19(23)24)12-15-4-2-1-3-5-15/h1-9,17H,10-13H2,(H,21,22)(H,23,24). The number of carbonyl (C=O) groups is 2. The molecule has 0 aliphatic heterocycles. The second kappa shape index (κ2) is 9.08. The molecule has 1 atom stereocenters. The van der Waals surface area contributed by atoms with Gasteiger partial charge in [-0.05, 0) is 23.1 Å². The second-order valence-electron chi connectivity index (χ2n) is 5.60. The molecule has 0 aromatic heterocycles. The van der Waals surface area contributed by atoms with Crippen molar-refractivity contribution in [1.82, 2.24) is 5.32 Å². The highest BCUT2D eigenvalue weighted by Crippen LogP contribution is 2.09. The molecule has 126 valence electrons. The summed E-state index contributed by atoms with van der Waals surface area (Å²) in [6, 6.07) is 16.1. The fraction of sp³-hybridized carbons (Fsp3) is 0.263. The van der Waals surface area contributed by atoms with Crippen LogP contribution in [0.5, 0.6) is 0 Å². The number of amides is 1. The van der Waals surface area contributed by atoms with Crippen molar-refractivity contribution >= 4 is 23.5 Å². The van der Waals surface area contributed by atoms with E-state index in [1.54, 1.807) is 0 Å². The number of aliphatic carboxylic acids is 1. The molecule has 0 spiro atoms. The maximum absolute atomic E-state index is 12.0. The van der Waals surface area contributed by atoms with E-state index in [0.29, 0.717) is 12.3 Å². The Hall–Kier alpha value is -2.33. The van der Waals surface area contributed by atoms with Gasteiger partial charge in [0.25, 0.3) is 0 Å². The van der Waals surface area contributed by atoms with Crippen LogP contribution in [0.3, 0.4) is 0 Å². The fourth-order valence-corrected chi connectivity index (χ4v) is 2.55. The average molecular weight is 346 g/mol. The monoisotopic (exact) mass is 345 g/mol. The summed E-state index contributed by atoms with van der Waals surface area (Å²) in [5, 5.41) is 11.9. The Bertz CT molecular complexity index is 671. The van der Waals surface area contributed by atoms with E-state index >= 15 is 0 Å². The lowest BCUT2D eigenvalue weighted by Crippen LogP contribution is -2.42. The quantitative estimate of drug-likeness (QED) is 0.722. The highest BCUT2D eigenvalue weighted by Gasteiger charge is 2.20. The Morgan fingerprint density at radius 1 is 0.958 bits per heavy atom. The van der Waals surface area contributed by atoms with E-state index in [4.69, 9.17) is 11.6 Å². The third-order valence-electron chi connectivity index (χ3n) is 3.73. The Morgan fingerprint density at radius 2 is 1.58 bits per heavy atom. The molecule has 2 rings (SSSR count). The molecular formula is C19H20ClNO3. The molecule has 1 unspecified atom stereocenters. The lowest BCUT2D eigenvalue weighted by Gasteiger charge is -2.14. The topological polar surface area (TPSA) is 66.4 Å². The zero-order valence-electron chi connectivity index (χ0n) is 13.2. The van der Waals surface area contributed by atoms with Crippen molar-refractivity contribution in [2.45, 2.75) is 31.2 Å². The van der Waals surface area contributed by atoms with Crippen molar-refractivity contribution in [3.8, 4) is 0 Å². The molecule has 0 bridgehead atoms. The highest BCUT2D eigenvalue weighted by atomic mass is 35.5. The molecule has 0 fully saturated rings. The van der Waals surface area contributed by atoms with Crippen LogP contribution in [0, 0.1) is 0 Å². The molecule has 0 saturated heterocycles. The van der Waals surface area contributed by atoms with E-state index in [1.807, 2.05) is 54.6 Å². The number of hydrogen-bond donors (Lipinski definition) is 2. The van der Waals surface area contributed by atoms with Crippen molar-refractivity contribution in [2.75, 3.05) is 0 Å². The van der Waals surface area contributed by atoms with Crippen LogP contribution < -0.4 is 5.32 Å². The normalized spacial score (nSPS) is 11.7. The first kappa shape index (κ1) is 18.0. The molecule has 2 aromatic rings. The summed E-state index contributed by atoms with van der Waals surface area (Å²) in [4.78, 5) is 23.4. The van der Waals surface area contributed by atoms with E-state index in [-0.39, 0.29) is 18.7 Å². The minimum Gasteiger partial charge on any atom is -0.480 e. The van der Waals surface area contributed by atoms with Gasteiger partial charge in [0.05, 0.1) is 0 Å². The minimum atomic E-state index is -1.03. The number of alkyl halides is 1. The van der Waals surface area contributed by atoms with Crippen LogP contribution in [0.4, 0.5) is 0 Å². The average Bonchev–Trinajstić information content (AvgIpc) is 2.60. The number of benzene rings is 2. The number of carboxylic acid groups (broad SMARTS) is 1. The summed E-state index contributed by atoms with van der Waals surface area (Å²) < 4.78 is 0. The van der Waals surface area contributed by atoms with Gasteiger partial charge in [-0.1, -0.05) is 54.6 Å². The Kier molecular flexibility index (Phi) is 6.82. The summed E-state index contributed by atoms with van der Waals surface area (Å²) in [6.07, 6.45) is 1.08. The van der Waals surface area contributed by atoms with Crippen LogP contribution in [0.2, 0.25) is 0 Å². The molecule has 0 aliphatic carbocycles. The minimum absolute atomic E-state index is 0.249. The number of rotatable bonds is 8. The Balaban J connectivity index is 1.87. The van der Waals surface area contributed by atoms with Gasteiger partial charge in [0.2, 0.25) is 5.91 Å². The molecule has 5 heteroatoms. The van der Waals surface area contributed by atoms with E-state index in [0.717, 1.165) is 16.7 Å². The van der Waals surface area contributed by atoms with Gasteiger partial charge in [0.1, 0.15) is 6.04 Å². The predicted molar refractivity (Wildman–Crippen MR) is 94.0 cm³/mol. The number of aryl methyl sites for hydroxylation is 1. The summed E-state index contributed by atoms with van der Waals surface area (Å²) >= 11 is 5.74. The Labute approximate surface area is 146 Å². The van der Waals surface area contributed by atoms with Crippen LogP contribution in [0.1, 0.15) is 23.1 Å². The van der Waals surface area contributed by atoms with Crippen molar-refractivity contribution < 1.29 is 14.7 Å². The smallest absolute Gasteiger partial charge is 0.326 e. The molecule has 4 nitrogen and oxygen atoms in total. The summed E-state index contributed by atoms with van der Waals surface area (Å²) in [6.45, 7) is 0. The van der Waals surface area contributed by atoms with Crippen LogP contribution in [0.15, 0.2) is 54.6 Å². The molecule has 0 saturated carbocycles. The summed E-state index contributed by atoms with van der Waals surface area (Å²) in [5.41, 5.74) is 2.93. The van der Waals surface area contributed by atoms with Crippen molar-refractivity contribution in [1.29, 1.82) is 0 Å². The van der Waals surface area contributed by atoms with E-state index in [1.165, 1.54) is 0 Å². The molecule has 0 aliphatic rings. The molecule has 2 N–H and O–H groups in total. The molecule has 2 aromatic carbocycles. The molecule has 1 amide bonds. The van der Waals surface area contributed by atoms with Gasteiger partial charge < -0.3 is 10.4 Å². The van der Waals surface area contributed by atoms with Crippen LogP contribution >= 0.6 is 11.6 Å². The number of nitrogens with one attached hydrogen (secondary N) is 1. The maximum atomic E-state index is 12.0. The highest BCUT2D eigenvalue weighted by molar-refractivity contribution is 6.17. The van der Waals surface area contributed by atoms with Crippen LogP contribution in [-0.2, 0) is 28.3 Å². The van der Waals surface area contributed by atoms with Gasteiger partial charge in [0, 0.05) is 18.7 Å². The third-order valence-corrected chi connectivity index (χ3v) is 4.04. The Morgan fingerprint density at radius 3 is 2.17 bits per heavy atom. The van der Waals surface area contributed by atoms with Crippen molar-refractivity contribution in [3.63, 3.8) is 0 Å². The molecular weight excluding hydrogens is 326 g/mol. The first-order chi connectivity index (χ1) is 11.6. The lowest BCUT2D eigenvalue weighted by atomic mass is 10.0. The number of hydrogen-bond acceptors (Lipinski definition) is 2. The number of halogens is 1. The first-order valence-electron chi connectivity index (χ1n) is 7.78. The second-order valence-corrected chi connectivity index (χ2v) is 5.87. The summed E-state index contributed by atoms with van der Waals surface area (Å²) in [5.74, 6) is -0.834. The van der Waals surface area contributed by atoms with Gasteiger partial charge in [-0.3, -0.25) is 4.79 Å². The summed E-state index contributed by atoms with van der Waals surface area (Å²) in [7, 11) is 0. The largest absolute Gasteiger partial charge is 0.480 e. The zero-order chi connectivity index (χ0) is 17.4. The predicted octanol–water partition coefficient (Wildman–Crippen LogP) is 3.17. The van der Waals surface area contributed by atoms with Crippen LogP contribution in [0.25, 0.3) is 0 Å². The molecule has 0 radical (unpaired) electrons. The molecule has 0 heterocycles. The maximum Gasteiger partial charge on any atom is 0.326 e. The van der Waals surface area contributed by atoms with Gasteiger partial charge in [-0.2, -0.15) is 0 Å². The third kappa shape index (κ3) is 5.70. The molecule has 24 heavy (non-hydrogen) atoms. The van der Waals surface area contributed by atoms with Gasteiger partial charge in [-0.15, -0.1) is 11.6 Å². The zero-order valence-corrected chi connectivity index (χ0v) is 14.0. The van der Waals surface area contributed by atoms with Crippen molar-refractivity contribution in [2.24, 2.45) is 0 Å². The van der Waals surface area contributed by atoms with Crippen molar-refractivity contribution in [3.05, 3.63) is 71.3 Å². The first-order valence-corrected chi connectivity index (χ1v) is 8.32.